The van der Waals surface area contributed by atoms with Crippen LogP contribution >= 0.6 is 0 Å². The molecule has 25 heavy (non-hydrogen) atoms. The highest BCUT2D eigenvalue weighted by Crippen LogP contribution is 2.18. The van der Waals surface area contributed by atoms with Crippen LogP contribution in [0.15, 0.2) is 6.07 Å². The van der Waals surface area contributed by atoms with Crippen molar-refractivity contribution in [2.45, 2.75) is 71.2 Å². The summed E-state index contributed by atoms with van der Waals surface area (Å²) in [7, 11) is 1.88. The van der Waals surface area contributed by atoms with Crippen LogP contribution in [-0.4, -0.2) is 64.4 Å². The SMILES string of the molecule is CC(C)N1CCCn2nc(C(=O)N(C)CCCC3CCCO3)cc2C1. The van der Waals surface area contributed by atoms with Crippen molar-refractivity contribution >= 4 is 5.91 Å². The molecule has 1 saturated heterocycles. The van der Waals surface area contributed by atoms with Crippen LogP contribution in [0.4, 0.5) is 0 Å². The monoisotopic (exact) mass is 348 g/mol. The van der Waals surface area contributed by atoms with E-state index in [1.54, 1.807) is 4.90 Å². The van der Waals surface area contributed by atoms with E-state index in [9.17, 15) is 4.79 Å². The Bertz CT molecular complexity index is 578. The molecule has 0 radical (unpaired) electrons. The summed E-state index contributed by atoms with van der Waals surface area (Å²) in [5.74, 6) is 0.0315. The van der Waals surface area contributed by atoms with E-state index in [-0.39, 0.29) is 5.91 Å². The first-order chi connectivity index (χ1) is 12.0. The molecule has 1 atom stereocenters. The van der Waals surface area contributed by atoms with Crippen LogP contribution in [0.3, 0.4) is 0 Å². The van der Waals surface area contributed by atoms with Gasteiger partial charge >= 0.3 is 0 Å². The van der Waals surface area contributed by atoms with Crippen molar-refractivity contribution in [2.24, 2.45) is 0 Å². The minimum absolute atomic E-state index is 0.0315. The van der Waals surface area contributed by atoms with Gasteiger partial charge in [0, 0.05) is 45.9 Å². The fourth-order valence-electron chi connectivity index (χ4n) is 3.76. The van der Waals surface area contributed by atoms with Crippen molar-refractivity contribution in [3.8, 4) is 0 Å². The lowest BCUT2D eigenvalue weighted by atomic mass is 10.1. The van der Waals surface area contributed by atoms with E-state index in [2.05, 4.69) is 23.8 Å². The molecular formula is C19H32N4O2. The lowest BCUT2D eigenvalue weighted by molar-refractivity contribution is 0.0757. The summed E-state index contributed by atoms with van der Waals surface area (Å²) < 4.78 is 7.68. The number of ether oxygens (including phenoxy) is 1. The Morgan fingerprint density at radius 3 is 2.96 bits per heavy atom. The summed E-state index contributed by atoms with van der Waals surface area (Å²) in [4.78, 5) is 16.9. The zero-order valence-corrected chi connectivity index (χ0v) is 15.9. The van der Waals surface area contributed by atoms with Crippen molar-refractivity contribution in [3.63, 3.8) is 0 Å². The molecule has 1 aromatic heterocycles. The molecule has 3 heterocycles. The first-order valence-electron chi connectivity index (χ1n) is 9.72. The Hall–Kier alpha value is -1.40. The maximum Gasteiger partial charge on any atom is 0.274 e. The van der Waals surface area contributed by atoms with Crippen LogP contribution in [0.25, 0.3) is 0 Å². The van der Waals surface area contributed by atoms with Gasteiger partial charge in [-0.05, 0) is 52.0 Å². The molecule has 0 aliphatic carbocycles. The molecule has 1 aromatic rings. The molecule has 0 N–H and O–H groups in total. The number of hydrogen-bond donors (Lipinski definition) is 0. The van der Waals surface area contributed by atoms with Crippen molar-refractivity contribution in [3.05, 3.63) is 17.5 Å². The van der Waals surface area contributed by atoms with Crippen LogP contribution in [0.5, 0.6) is 0 Å². The van der Waals surface area contributed by atoms with E-state index in [1.165, 1.54) is 6.42 Å². The minimum Gasteiger partial charge on any atom is -0.378 e. The third kappa shape index (κ3) is 4.61. The molecule has 0 saturated carbocycles. The molecule has 1 fully saturated rings. The van der Waals surface area contributed by atoms with Gasteiger partial charge in [-0.25, -0.2) is 0 Å². The molecular weight excluding hydrogens is 316 g/mol. The molecule has 6 heteroatoms. The number of fused-ring (bicyclic) bond motifs is 1. The number of aromatic nitrogens is 2. The lowest BCUT2D eigenvalue weighted by Gasteiger charge is -2.23. The molecule has 2 aliphatic rings. The van der Waals surface area contributed by atoms with Crippen LogP contribution in [0.1, 0.15) is 62.1 Å². The van der Waals surface area contributed by atoms with Gasteiger partial charge in [0.1, 0.15) is 0 Å². The van der Waals surface area contributed by atoms with Crippen LogP contribution < -0.4 is 0 Å². The van der Waals surface area contributed by atoms with Crippen LogP contribution in [0, 0.1) is 0 Å². The number of carbonyl (C=O) groups is 1. The van der Waals surface area contributed by atoms with E-state index in [1.807, 2.05) is 17.8 Å². The highest BCUT2D eigenvalue weighted by molar-refractivity contribution is 5.92. The lowest BCUT2D eigenvalue weighted by Crippen LogP contribution is -2.30. The summed E-state index contributed by atoms with van der Waals surface area (Å²) in [6.45, 7) is 8.97. The van der Waals surface area contributed by atoms with Gasteiger partial charge in [-0.15, -0.1) is 0 Å². The topological polar surface area (TPSA) is 50.6 Å². The second kappa shape index (κ2) is 8.32. The van der Waals surface area contributed by atoms with Crippen LogP contribution in [-0.2, 0) is 17.8 Å². The molecule has 140 valence electrons. The Morgan fingerprint density at radius 2 is 2.24 bits per heavy atom. The molecule has 6 nitrogen and oxygen atoms in total. The predicted octanol–water partition coefficient (Wildman–Crippen LogP) is 2.53. The van der Waals surface area contributed by atoms with Gasteiger partial charge in [-0.3, -0.25) is 14.4 Å². The van der Waals surface area contributed by atoms with E-state index >= 15 is 0 Å². The fraction of sp³-hybridized carbons (Fsp3) is 0.789. The number of rotatable bonds is 6. The standard InChI is InChI=1S/C19H32N4O2/c1-15(2)22-10-6-11-23-16(14-22)13-18(20-23)19(24)21(3)9-4-7-17-8-5-12-25-17/h13,15,17H,4-12,14H2,1-3H3. The molecule has 2 aliphatic heterocycles. The number of carbonyl (C=O) groups excluding carboxylic acids is 1. The number of aryl methyl sites for hydroxylation is 1. The largest absolute Gasteiger partial charge is 0.378 e. The summed E-state index contributed by atoms with van der Waals surface area (Å²) >= 11 is 0. The first-order valence-corrected chi connectivity index (χ1v) is 9.72. The van der Waals surface area contributed by atoms with Crippen molar-refractivity contribution < 1.29 is 9.53 Å². The van der Waals surface area contributed by atoms with E-state index < -0.39 is 0 Å². The van der Waals surface area contributed by atoms with Crippen LogP contribution in [0.2, 0.25) is 0 Å². The minimum atomic E-state index is 0.0315. The summed E-state index contributed by atoms with van der Waals surface area (Å²) in [6, 6.07) is 2.50. The zero-order valence-electron chi connectivity index (χ0n) is 15.9. The Kier molecular flexibility index (Phi) is 6.12. The Labute approximate surface area is 151 Å². The normalized spacial score (nSPS) is 21.4. The first kappa shape index (κ1) is 18.4. The van der Waals surface area contributed by atoms with Gasteiger partial charge < -0.3 is 9.64 Å². The summed E-state index contributed by atoms with van der Waals surface area (Å²) in [5.41, 5.74) is 1.74. The second-order valence-corrected chi connectivity index (χ2v) is 7.67. The maximum absolute atomic E-state index is 12.7. The highest BCUT2D eigenvalue weighted by Gasteiger charge is 2.22. The number of nitrogens with zero attached hydrogens (tertiary/aromatic N) is 4. The third-order valence-corrected chi connectivity index (χ3v) is 5.38. The molecule has 0 spiro atoms. The van der Waals surface area contributed by atoms with Crippen molar-refractivity contribution in [2.75, 3.05) is 26.7 Å². The number of amides is 1. The molecule has 1 unspecified atom stereocenters. The second-order valence-electron chi connectivity index (χ2n) is 7.67. The highest BCUT2D eigenvalue weighted by atomic mass is 16.5. The molecule has 0 bridgehead atoms. The van der Waals surface area contributed by atoms with E-state index in [4.69, 9.17) is 4.74 Å². The molecule has 3 rings (SSSR count). The summed E-state index contributed by atoms with van der Waals surface area (Å²) in [5, 5.41) is 4.59. The average molecular weight is 348 g/mol. The maximum atomic E-state index is 12.7. The van der Waals surface area contributed by atoms with Gasteiger partial charge in [0.25, 0.3) is 5.91 Å². The fourth-order valence-corrected chi connectivity index (χ4v) is 3.76. The van der Waals surface area contributed by atoms with Gasteiger partial charge in [0.2, 0.25) is 0 Å². The molecule has 1 amide bonds. The van der Waals surface area contributed by atoms with E-state index in [0.717, 1.165) is 64.2 Å². The third-order valence-electron chi connectivity index (χ3n) is 5.38. The Morgan fingerprint density at radius 1 is 1.40 bits per heavy atom. The molecule has 0 aromatic carbocycles. The summed E-state index contributed by atoms with van der Waals surface area (Å²) in [6.07, 6.45) is 5.85. The Balaban J connectivity index is 1.56. The smallest absolute Gasteiger partial charge is 0.274 e. The predicted molar refractivity (Wildman–Crippen MR) is 97.6 cm³/mol. The van der Waals surface area contributed by atoms with Gasteiger partial charge in [-0.2, -0.15) is 5.10 Å². The van der Waals surface area contributed by atoms with Gasteiger partial charge in [0.05, 0.1) is 11.8 Å². The average Bonchev–Trinajstić information content (AvgIpc) is 3.19. The van der Waals surface area contributed by atoms with E-state index in [0.29, 0.717) is 17.8 Å². The van der Waals surface area contributed by atoms with Gasteiger partial charge in [0.15, 0.2) is 5.69 Å². The zero-order chi connectivity index (χ0) is 17.8. The van der Waals surface area contributed by atoms with Crippen molar-refractivity contribution in [1.82, 2.24) is 19.6 Å². The van der Waals surface area contributed by atoms with Crippen molar-refractivity contribution in [1.29, 1.82) is 0 Å². The quantitative estimate of drug-likeness (QED) is 0.793. The number of hydrogen-bond acceptors (Lipinski definition) is 4. The van der Waals surface area contributed by atoms with Gasteiger partial charge in [-0.1, -0.05) is 0 Å².